The number of hydrogen-bond donors (Lipinski definition) is 2. The highest BCUT2D eigenvalue weighted by Gasteiger charge is 2.70. The summed E-state index contributed by atoms with van der Waals surface area (Å²) in [6.07, 6.45) is 0. The summed E-state index contributed by atoms with van der Waals surface area (Å²) in [7, 11) is -3.75. The third-order valence-electron chi connectivity index (χ3n) is 4.58. The minimum Gasteiger partial charge on any atom is -0.396 e. The Bertz CT molecular complexity index is 800. The third-order valence-corrected chi connectivity index (χ3v) is 6.92. The molecule has 0 spiro atoms. The van der Waals surface area contributed by atoms with Gasteiger partial charge in [-0.05, 0) is 29.8 Å². The zero-order valence-corrected chi connectivity index (χ0v) is 13.1. The van der Waals surface area contributed by atoms with E-state index in [1.807, 2.05) is 0 Å². The Morgan fingerprint density at radius 2 is 1.65 bits per heavy atom. The van der Waals surface area contributed by atoms with Crippen molar-refractivity contribution in [2.24, 2.45) is 5.41 Å². The van der Waals surface area contributed by atoms with E-state index in [-0.39, 0.29) is 4.90 Å². The normalized spacial score (nSPS) is 22.7. The minimum atomic E-state index is -3.75. The van der Waals surface area contributed by atoms with Crippen LogP contribution in [0.3, 0.4) is 0 Å². The first kappa shape index (κ1) is 16.1. The fraction of sp³-hybridized carbons (Fsp3) is 0.294. The zero-order chi connectivity index (χ0) is 16.7. The second-order valence-electron chi connectivity index (χ2n) is 5.86. The van der Waals surface area contributed by atoms with E-state index in [9.17, 15) is 23.0 Å². The Morgan fingerprint density at radius 1 is 1.00 bits per heavy atom. The van der Waals surface area contributed by atoms with Crippen LogP contribution in [0.4, 0.5) is 4.39 Å². The van der Waals surface area contributed by atoms with Crippen molar-refractivity contribution in [1.82, 2.24) is 0 Å². The quantitative estimate of drug-likeness (QED) is 0.872. The maximum Gasteiger partial charge on any atom is 0.182 e. The second kappa shape index (κ2) is 5.70. The molecule has 1 fully saturated rings. The predicted molar refractivity (Wildman–Crippen MR) is 83.2 cm³/mol. The zero-order valence-electron chi connectivity index (χ0n) is 12.3. The van der Waals surface area contributed by atoms with E-state index in [4.69, 9.17) is 0 Å². The van der Waals surface area contributed by atoms with Crippen LogP contribution in [0.15, 0.2) is 59.5 Å². The van der Waals surface area contributed by atoms with Gasteiger partial charge in [-0.25, -0.2) is 12.8 Å². The third kappa shape index (κ3) is 2.47. The Labute approximate surface area is 134 Å². The van der Waals surface area contributed by atoms with Gasteiger partial charge in [0, 0.05) is 11.3 Å². The molecule has 2 aromatic carbocycles. The van der Waals surface area contributed by atoms with Crippen LogP contribution in [0, 0.1) is 11.2 Å². The van der Waals surface area contributed by atoms with Gasteiger partial charge in [0.05, 0.1) is 23.4 Å². The number of rotatable bonds is 5. The fourth-order valence-corrected chi connectivity index (χ4v) is 5.78. The summed E-state index contributed by atoms with van der Waals surface area (Å²) < 4.78 is 39.2. The van der Waals surface area contributed by atoms with Gasteiger partial charge in [-0.15, -0.1) is 0 Å². The molecule has 2 atom stereocenters. The van der Waals surface area contributed by atoms with Crippen LogP contribution in [-0.4, -0.2) is 37.1 Å². The van der Waals surface area contributed by atoms with Crippen molar-refractivity contribution in [3.63, 3.8) is 0 Å². The monoisotopic (exact) mass is 336 g/mol. The van der Waals surface area contributed by atoms with Gasteiger partial charge in [0.25, 0.3) is 0 Å². The summed E-state index contributed by atoms with van der Waals surface area (Å²) in [5.74, 6) is -1.12. The Hall–Kier alpha value is -1.76. The van der Waals surface area contributed by atoms with E-state index < -0.39 is 45.5 Å². The molecular weight excluding hydrogens is 319 g/mol. The fourth-order valence-electron chi connectivity index (χ4n) is 3.33. The van der Waals surface area contributed by atoms with Crippen LogP contribution in [0.5, 0.6) is 0 Å². The summed E-state index contributed by atoms with van der Waals surface area (Å²) in [6, 6.07) is 13.5. The summed E-state index contributed by atoms with van der Waals surface area (Å²) in [4.78, 5) is 0.134. The summed E-state index contributed by atoms with van der Waals surface area (Å²) in [5.41, 5.74) is -0.722. The highest BCUT2D eigenvalue weighted by molar-refractivity contribution is 7.92. The van der Waals surface area contributed by atoms with Crippen LogP contribution >= 0.6 is 0 Å². The van der Waals surface area contributed by atoms with Gasteiger partial charge in [0.2, 0.25) is 0 Å². The first-order valence-electron chi connectivity index (χ1n) is 7.23. The minimum absolute atomic E-state index is 0.134. The molecule has 0 heterocycles. The lowest BCUT2D eigenvalue weighted by atomic mass is 10.0. The molecule has 6 heteroatoms. The van der Waals surface area contributed by atoms with Crippen molar-refractivity contribution in [2.75, 3.05) is 13.2 Å². The second-order valence-corrected chi connectivity index (χ2v) is 7.93. The largest absolute Gasteiger partial charge is 0.396 e. The number of sulfone groups is 1. The number of benzene rings is 2. The molecule has 0 aromatic heterocycles. The van der Waals surface area contributed by atoms with Crippen molar-refractivity contribution in [3.05, 3.63) is 66.0 Å². The van der Waals surface area contributed by atoms with Crippen LogP contribution < -0.4 is 0 Å². The van der Waals surface area contributed by atoms with Gasteiger partial charge in [-0.1, -0.05) is 30.3 Å². The molecule has 4 nitrogen and oxygen atoms in total. The molecule has 1 aliphatic rings. The van der Waals surface area contributed by atoms with E-state index in [0.29, 0.717) is 5.56 Å². The number of halogens is 1. The first-order chi connectivity index (χ1) is 11.0. The maximum absolute atomic E-state index is 13.5. The molecule has 3 rings (SSSR count). The van der Waals surface area contributed by atoms with Crippen molar-refractivity contribution in [3.8, 4) is 0 Å². The lowest BCUT2D eigenvalue weighted by Crippen LogP contribution is -2.22. The number of aliphatic hydroxyl groups is 2. The summed E-state index contributed by atoms with van der Waals surface area (Å²) in [6.45, 7) is -0.969. The number of aliphatic hydroxyl groups excluding tert-OH is 2. The number of hydrogen-bond acceptors (Lipinski definition) is 4. The molecule has 2 N–H and O–H groups in total. The van der Waals surface area contributed by atoms with Gasteiger partial charge in [-0.3, -0.25) is 0 Å². The van der Waals surface area contributed by atoms with Crippen LogP contribution in [-0.2, 0) is 9.84 Å². The first-order valence-corrected chi connectivity index (χ1v) is 8.78. The van der Waals surface area contributed by atoms with Crippen LogP contribution in [0.2, 0.25) is 0 Å². The molecule has 1 saturated carbocycles. The predicted octanol–water partition coefficient (Wildman–Crippen LogP) is 1.74. The Morgan fingerprint density at radius 3 is 2.22 bits per heavy atom. The van der Waals surface area contributed by atoms with Crippen molar-refractivity contribution < 1.29 is 23.0 Å². The van der Waals surface area contributed by atoms with Crippen molar-refractivity contribution in [2.45, 2.75) is 16.1 Å². The molecule has 0 bridgehead atoms. The standard InChI is InChI=1S/C17H17FO4S/c18-13-6-4-5-12(9-13)15-16(17(15,10-19)11-20)23(21,22)14-7-2-1-3-8-14/h1-9,15-16,19-20H,10-11H2/t15-,16-/m0/s1. The molecule has 0 aliphatic heterocycles. The van der Waals surface area contributed by atoms with Crippen molar-refractivity contribution in [1.29, 1.82) is 0 Å². The molecule has 122 valence electrons. The summed E-state index contributed by atoms with van der Waals surface area (Å²) >= 11 is 0. The smallest absolute Gasteiger partial charge is 0.182 e. The van der Waals surface area contributed by atoms with Gasteiger partial charge >= 0.3 is 0 Å². The lowest BCUT2D eigenvalue weighted by Gasteiger charge is -2.11. The average molecular weight is 336 g/mol. The molecule has 2 aromatic rings. The SMILES string of the molecule is O=S(=O)(c1ccccc1)[C@H]1[C@H](c2cccc(F)c2)C1(CO)CO. The average Bonchev–Trinajstić information content (AvgIpc) is 3.26. The molecule has 23 heavy (non-hydrogen) atoms. The molecule has 1 aliphatic carbocycles. The van der Waals surface area contributed by atoms with E-state index in [1.54, 1.807) is 24.3 Å². The van der Waals surface area contributed by atoms with E-state index in [0.717, 1.165) is 0 Å². The van der Waals surface area contributed by atoms with E-state index in [2.05, 4.69) is 0 Å². The van der Waals surface area contributed by atoms with Crippen LogP contribution in [0.25, 0.3) is 0 Å². The van der Waals surface area contributed by atoms with E-state index in [1.165, 1.54) is 30.3 Å². The van der Waals surface area contributed by atoms with E-state index >= 15 is 0 Å². The maximum atomic E-state index is 13.5. The molecular formula is C17H17FO4S. The molecule has 0 saturated heterocycles. The Kier molecular flexibility index (Phi) is 4.00. The van der Waals surface area contributed by atoms with Gasteiger partial charge in [0.15, 0.2) is 9.84 Å². The molecule has 0 unspecified atom stereocenters. The van der Waals surface area contributed by atoms with Crippen molar-refractivity contribution >= 4 is 9.84 Å². The van der Waals surface area contributed by atoms with Gasteiger partial charge < -0.3 is 10.2 Å². The van der Waals surface area contributed by atoms with Crippen LogP contribution in [0.1, 0.15) is 11.5 Å². The van der Waals surface area contributed by atoms with Gasteiger partial charge in [-0.2, -0.15) is 0 Å². The molecule has 0 radical (unpaired) electrons. The topological polar surface area (TPSA) is 74.6 Å². The summed E-state index contributed by atoms with van der Waals surface area (Å²) in [5, 5.41) is 18.5. The highest BCUT2D eigenvalue weighted by atomic mass is 32.2. The van der Waals surface area contributed by atoms with Gasteiger partial charge in [0.1, 0.15) is 5.82 Å². The lowest BCUT2D eigenvalue weighted by molar-refractivity contribution is 0.130. The highest BCUT2D eigenvalue weighted by Crippen LogP contribution is 2.63. The Balaban J connectivity index is 2.07. The molecule has 0 amide bonds.